The monoisotopic (exact) mass is 266 g/mol. The van der Waals surface area contributed by atoms with Crippen LogP contribution in [-0.2, 0) is 0 Å². The summed E-state index contributed by atoms with van der Waals surface area (Å²) in [6.07, 6.45) is 0. The molecule has 2 rings (SSSR count). The number of aromatic hydroxyl groups is 2. The summed E-state index contributed by atoms with van der Waals surface area (Å²) in [5.41, 5.74) is 0.583. The lowest BCUT2D eigenvalue weighted by Crippen LogP contribution is -1.98. The van der Waals surface area contributed by atoms with Crippen LogP contribution in [-0.4, -0.2) is 21.3 Å². The van der Waals surface area contributed by atoms with E-state index in [1.165, 1.54) is 12.1 Å². The number of aromatic carboxylic acids is 1. The number of carboxylic acid groups (broad SMARTS) is 1. The van der Waals surface area contributed by atoms with Gasteiger partial charge < -0.3 is 15.3 Å². The standard InChI is InChI=1S/C13H10O4.ClH/c14-10-7-6-9(8-4-2-1-3-5-8)12(15)11(10)13(16)17;/h1-7,14-15H,(H,16,17);1H. The molecule has 2 aromatic carbocycles. The van der Waals surface area contributed by atoms with E-state index in [2.05, 4.69) is 0 Å². The first kappa shape index (κ1) is 13.9. The normalized spacial score (nSPS) is 9.56. The van der Waals surface area contributed by atoms with Crippen molar-refractivity contribution >= 4 is 18.4 Å². The van der Waals surface area contributed by atoms with Crippen LogP contribution in [0.4, 0.5) is 0 Å². The van der Waals surface area contributed by atoms with Crippen molar-refractivity contribution < 1.29 is 20.1 Å². The molecule has 0 aliphatic rings. The molecular weight excluding hydrogens is 256 g/mol. The molecular formula is C13H11ClO4. The maximum atomic E-state index is 10.9. The molecule has 2 aromatic rings. The van der Waals surface area contributed by atoms with Crippen LogP contribution in [0, 0.1) is 0 Å². The molecule has 0 amide bonds. The van der Waals surface area contributed by atoms with Crippen LogP contribution in [0.5, 0.6) is 11.5 Å². The van der Waals surface area contributed by atoms with Crippen LogP contribution in [0.25, 0.3) is 11.1 Å². The molecule has 0 aromatic heterocycles. The average molecular weight is 267 g/mol. The molecule has 18 heavy (non-hydrogen) atoms. The largest absolute Gasteiger partial charge is 0.507 e. The number of hydrogen-bond donors (Lipinski definition) is 3. The molecule has 5 heteroatoms. The fraction of sp³-hybridized carbons (Fsp3) is 0. The lowest BCUT2D eigenvalue weighted by molar-refractivity contribution is 0.0690. The summed E-state index contributed by atoms with van der Waals surface area (Å²) in [5.74, 6) is -2.24. The quantitative estimate of drug-likeness (QED) is 0.781. The first-order chi connectivity index (χ1) is 8.11. The average Bonchev–Trinajstić information content (AvgIpc) is 2.30. The first-order valence-electron chi connectivity index (χ1n) is 4.95. The van der Waals surface area contributed by atoms with Gasteiger partial charge in [-0.15, -0.1) is 12.4 Å². The molecule has 0 atom stereocenters. The summed E-state index contributed by atoms with van der Waals surface area (Å²) in [6.45, 7) is 0. The fourth-order valence-corrected chi connectivity index (χ4v) is 1.64. The molecule has 3 N–H and O–H groups in total. The summed E-state index contributed by atoms with van der Waals surface area (Å²) >= 11 is 0. The van der Waals surface area contributed by atoms with Gasteiger partial charge >= 0.3 is 5.97 Å². The summed E-state index contributed by atoms with van der Waals surface area (Å²) in [7, 11) is 0. The molecule has 0 bridgehead atoms. The maximum absolute atomic E-state index is 10.9. The lowest BCUT2D eigenvalue weighted by atomic mass is 10.0. The number of halogens is 1. The minimum Gasteiger partial charge on any atom is -0.507 e. The third-order valence-electron chi connectivity index (χ3n) is 2.45. The number of hydrogen-bond acceptors (Lipinski definition) is 3. The van der Waals surface area contributed by atoms with Crippen LogP contribution in [0.2, 0.25) is 0 Å². The highest BCUT2D eigenvalue weighted by molar-refractivity contribution is 5.97. The predicted molar refractivity (Wildman–Crippen MR) is 69.4 cm³/mol. The smallest absolute Gasteiger partial charge is 0.343 e. The van der Waals surface area contributed by atoms with Gasteiger partial charge in [-0.1, -0.05) is 30.3 Å². The third kappa shape index (κ3) is 2.38. The number of carbonyl (C=O) groups is 1. The van der Waals surface area contributed by atoms with Gasteiger partial charge in [0.05, 0.1) is 0 Å². The Balaban J connectivity index is 0.00000162. The molecule has 0 heterocycles. The Labute approximate surface area is 110 Å². The second-order valence-corrected chi connectivity index (χ2v) is 3.53. The van der Waals surface area contributed by atoms with Gasteiger partial charge in [0.1, 0.15) is 17.1 Å². The van der Waals surface area contributed by atoms with Crippen LogP contribution in [0.3, 0.4) is 0 Å². The number of carboxylic acids is 1. The predicted octanol–water partition coefficient (Wildman–Crippen LogP) is 2.88. The van der Waals surface area contributed by atoms with Crippen molar-refractivity contribution in [2.75, 3.05) is 0 Å². The first-order valence-corrected chi connectivity index (χ1v) is 4.95. The number of benzene rings is 2. The molecule has 0 unspecified atom stereocenters. The SMILES string of the molecule is Cl.O=C(O)c1c(O)ccc(-c2ccccc2)c1O. The van der Waals surface area contributed by atoms with E-state index in [4.69, 9.17) is 5.11 Å². The summed E-state index contributed by atoms with van der Waals surface area (Å²) in [5, 5.41) is 28.1. The molecule has 0 aliphatic heterocycles. The Bertz CT molecular complexity index is 567. The van der Waals surface area contributed by atoms with Gasteiger partial charge in [0, 0.05) is 5.56 Å². The van der Waals surface area contributed by atoms with E-state index in [1.807, 2.05) is 6.07 Å². The van der Waals surface area contributed by atoms with Gasteiger partial charge in [-0.05, 0) is 17.7 Å². The summed E-state index contributed by atoms with van der Waals surface area (Å²) < 4.78 is 0. The molecule has 0 spiro atoms. The minimum absolute atomic E-state index is 0. The van der Waals surface area contributed by atoms with Crippen molar-refractivity contribution in [3.63, 3.8) is 0 Å². The van der Waals surface area contributed by atoms with Crippen molar-refractivity contribution in [1.29, 1.82) is 0 Å². The van der Waals surface area contributed by atoms with Gasteiger partial charge in [-0.25, -0.2) is 4.79 Å². The molecule has 0 saturated heterocycles. The van der Waals surface area contributed by atoms with E-state index < -0.39 is 23.0 Å². The van der Waals surface area contributed by atoms with Crippen molar-refractivity contribution in [1.82, 2.24) is 0 Å². The Morgan fingerprint density at radius 2 is 1.56 bits per heavy atom. The zero-order valence-corrected chi connectivity index (χ0v) is 10.0. The highest BCUT2D eigenvalue weighted by Crippen LogP contribution is 2.36. The molecule has 94 valence electrons. The van der Waals surface area contributed by atoms with E-state index >= 15 is 0 Å². The Morgan fingerprint density at radius 1 is 0.944 bits per heavy atom. The van der Waals surface area contributed by atoms with Gasteiger partial charge in [0.2, 0.25) is 0 Å². The van der Waals surface area contributed by atoms with Crippen LogP contribution in [0.1, 0.15) is 10.4 Å². The van der Waals surface area contributed by atoms with Crippen LogP contribution < -0.4 is 0 Å². The van der Waals surface area contributed by atoms with Crippen molar-refractivity contribution in [2.24, 2.45) is 0 Å². The Morgan fingerprint density at radius 3 is 2.11 bits per heavy atom. The van der Waals surface area contributed by atoms with Crippen molar-refractivity contribution in [2.45, 2.75) is 0 Å². The van der Waals surface area contributed by atoms with Gasteiger partial charge in [-0.3, -0.25) is 0 Å². The topological polar surface area (TPSA) is 77.8 Å². The van der Waals surface area contributed by atoms with Crippen LogP contribution >= 0.6 is 12.4 Å². The molecule has 0 radical (unpaired) electrons. The lowest BCUT2D eigenvalue weighted by Gasteiger charge is -2.08. The highest BCUT2D eigenvalue weighted by atomic mass is 35.5. The molecule has 0 saturated carbocycles. The number of rotatable bonds is 2. The zero-order chi connectivity index (χ0) is 12.4. The zero-order valence-electron chi connectivity index (χ0n) is 9.20. The van der Waals surface area contributed by atoms with E-state index in [9.17, 15) is 15.0 Å². The van der Waals surface area contributed by atoms with Crippen LogP contribution in [0.15, 0.2) is 42.5 Å². The fourth-order valence-electron chi connectivity index (χ4n) is 1.64. The second-order valence-electron chi connectivity index (χ2n) is 3.53. The van der Waals surface area contributed by atoms with Crippen molar-refractivity contribution in [3.8, 4) is 22.6 Å². The second kappa shape index (κ2) is 5.42. The Hall–Kier alpha value is -2.20. The Kier molecular flexibility index (Phi) is 4.18. The molecule has 0 aliphatic carbocycles. The minimum atomic E-state index is -1.36. The van der Waals surface area contributed by atoms with E-state index in [1.54, 1.807) is 24.3 Å². The van der Waals surface area contributed by atoms with E-state index in [0.29, 0.717) is 11.1 Å². The van der Waals surface area contributed by atoms with Gasteiger partial charge in [0.15, 0.2) is 0 Å². The maximum Gasteiger partial charge on any atom is 0.343 e. The highest BCUT2D eigenvalue weighted by Gasteiger charge is 2.19. The van der Waals surface area contributed by atoms with Crippen molar-refractivity contribution in [3.05, 3.63) is 48.0 Å². The molecule has 0 fully saturated rings. The van der Waals surface area contributed by atoms with E-state index in [-0.39, 0.29) is 12.4 Å². The summed E-state index contributed by atoms with van der Waals surface area (Å²) in [4.78, 5) is 10.9. The van der Waals surface area contributed by atoms with E-state index in [0.717, 1.165) is 0 Å². The number of phenols is 2. The van der Waals surface area contributed by atoms with Gasteiger partial charge in [-0.2, -0.15) is 0 Å². The van der Waals surface area contributed by atoms with Gasteiger partial charge in [0.25, 0.3) is 0 Å². The molecule has 4 nitrogen and oxygen atoms in total. The third-order valence-corrected chi connectivity index (χ3v) is 2.45. The summed E-state index contributed by atoms with van der Waals surface area (Å²) in [6, 6.07) is 11.6.